The van der Waals surface area contributed by atoms with Crippen molar-refractivity contribution in [2.24, 2.45) is 0 Å². The Kier molecular flexibility index (Phi) is 7.96. The van der Waals surface area contributed by atoms with E-state index in [4.69, 9.17) is 5.26 Å². The number of hydrogen-bond acceptors (Lipinski definition) is 5. The van der Waals surface area contributed by atoms with Crippen LogP contribution in [-0.2, 0) is 11.2 Å². The Morgan fingerprint density at radius 1 is 1.28 bits per heavy atom. The number of piperazine rings is 1. The lowest BCUT2D eigenvalue weighted by molar-refractivity contribution is -0.117. The van der Waals surface area contributed by atoms with Crippen LogP contribution in [-0.4, -0.2) is 56.6 Å². The minimum atomic E-state index is -0.319. The van der Waals surface area contributed by atoms with Crippen LogP contribution in [0.4, 0.5) is 0 Å². The maximum atomic E-state index is 12.0. The van der Waals surface area contributed by atoms with E-state index in [1.165, 1.54) is 17.3 Å². The molecule has 1 aromatic carbocycles. The number of aryl methyl sites for hydroxylation is 1. The summed E-state index contributed by atoms with van der Waals surface area (Å²) in [6, 6.07) is 10.3. The number of nitrogens with one attached hydrogen (secondary N) is 3. The molecule has 1 fully saturated rings. The molecule has 0 atom stereocenters. The molecule has 6 heteroatoms. The van der Waals surface area contributed by atoms with Crippen LogP contribution < -0.4 is 16.0 Å². The van der Waals surface area contributed by atoms with E-state index in [0.29, 0.717) is 13.1 Å². The van der Waals surface area contributed by atoms with Crippen LogP contribution >= 0.6 is 0 Å². The van der Waals surface area contributed by atoms with Crippen molar-refractivity contribution in [1.29, 1.82) is 5.26 Å². The number of carbonyl (C=O) groups excluding carboxylic acids is 1. The third kappa shape index (κ3) is 6.96. The predicted molar refractivity (Wildman–Crippen MR) is 98.9 cm³/mol. The summed E-state index contributed by atoms with van der Waals surface area (Å²) in [7, 11) is 0. The summed E-state index contributed by atoms with van der Waals surface area (Å²) in [5.74, 6) is -0.319. The Hall–Kier alpha value is -2.36. The first kappa shape index (κ1) is 19.0. The average molecular weight is 341 g/mol. The van der Waals surface area contributed by atoms with E-state index in [1.807, 2.05) is 6.07 Å². The van der Waals surface area contributed by atoms with E-state index in [9.17, 15) is 4.79 Å². The SMILES string of the molecule is Cc1ccc(CCN/C=C(/C#N)C(=O)NCCN2CCNCC2)cc1. The van der Waals surface area contributed by atoms with E-state index in [-0.39, 0.29) is 11.5 Å². The normalized spacial score (nSPS) is 15.4. The third-order valence-corrected chi connectivity index (χ3v) is 4.21. The molecule has 2 rings (SSSR count). The van der Waals surface area contributed by atoms with Crippen LogP contribution in [0.15, 0.2) is 36.0 Å². The lowest BCUT2D eigenvalue weighted by atomic mass is 10.1. The fourth-order valence-corrected chi connectivity index (χ4v) is 2.65. The lowest BCUT2D eigenvalue weighted by Crippen LogP contribution is -2.46. The fraction of sp³-hybridized carbons (Fsp3) is 0.474. The summed E-state index contributed by atoms with van der Waals surface area (Å²) < 4.78 is 0. The summed E-state index contributed by atoms with van der Waals surface area (Å²) in [6.45, 7) is 8.08. The maximum absolute atomic E-state index is 12.0. The highest BCUT2D eigenvalue weighted by Gasteiger charge is 2.11. The van der Waals surface area contributed by atoms with Gasteiger partial charge in [0.25, 0.3) is 5.91 Å². The molecule has 0 saturated carbocycles. The molecule has 1 aromatic rings. The monoisotopic (exact) mass is 341 g/mol. The highest BCUT2D eigenvalue weighted by Crippen LogP contribution is 2.03. The quantitative estimate of drug-likeness (QED) is 0.366. The molecule has 25 heavy (non-hydrogen) atoms. The van der Waals surface area contributed by atoms with Gasteiger partial charge in [-0.1, -0.05) is 29.8 Å². The molecule has 0 aromatic heterocycles. The molecular formula is C19H27N5O. The largest absolute Gasteiger partial charge is 0.389 e. The molecule has 1 aliphatic heterocycles. The van der Waals surface area contributed by atoms with Crippen molar-refractivity contribution in [3.8, 4) is 6.07 Å². The van der Waals surface area contributed by atoms with Crippen LogP contribution in [0.25, 0.3) is 0 Å². The van der Waals surface area contributed by atoms with Gasteiger partial charge in [0.15, 0.2) is 0 Å². The van der Waals surface area contributed by atoms with Crippen LogP contribution in [0.1, 0.15) is 11.1 Å². The van der Waals surface area contributed by atoms with Gasteiger partial charge in [-0.15, -0.1) is 0 Å². The summed E-state index contributed by atoms with van der Waals surface area (Å²) in [4.78, 5) is 14.3. The number of carbonyl (C=O) groups is 1. The Morgan fingerprint density at radius 2 is 2.00 bits per heavy atom. The first-order valence-electron chi connectivity index (χ1n) is 8.79. The van der Waals surface area contributed by atoms with Gasteiger partial charge >= 0.3 is 0 Å². The standard InChI is InChI=1S/C19H27N5O/c1-16-2-4-17(5-3-16)6-7-22-15-18(14-20)19(25)23-10-13-24-11-8-21-9-12-24/h2-5,15,21-22H,6-13H2,1H3,(H,23,25)/b18-15-. The number of amides is 1. The van der Waals surface area contributed by atoms with Crippen molar-refractivity contribution < 1.29 is 4.79 Å². The lowest BCUT2D eigenvalue weighted by Gasteiger charge is -2.27. The van der Waals surface area contributed by atoms with E-state index in [1.54, 1.807) is 0 Å². The second kappa shape index (κ2) is 10.5. The molecule has 6 nitrogen and oxygen atoms in total. The zero-order chi connectivity index (χ0) is 17.9. The molecule has 0 spiro atoms. The second-order valence-corrected chi connectivity index (χ2v) is 6.21. The van der Waals surface area contributed by atoms with Gasteiger partial charge in [-0.25, -0.2) is 0 Å². The van der Waals surface area contributed by atoms with Gasteiger partial charge in [0.05, 0.1) is 0 Å². The van der Waals surface area contributed by atoms with E-state index in [2.05, 4.69) is 52.0 Å². The Balaban J connectivity index is 1.68. The number of hydrogen-bond donors (Lipinski definition) is 3. The minimum Gasteiger partial charge on any atom is -0.389 e. The van der Waals surface area contributed by atoms with Gasteiger partial charge in [0, 0.05) is 52.0 Å². The van der Waals surface area contributed by atoms with Crippen LogP contribution in [0.3, 0.4) is 0 Å². The molecular weight excluding hydrogens is 314 g/mol. The highest BCUT2D eigenvalue weighted by atomic mass is 16.1. The van der Waals surface area contributed by atoms with Gasteiger partial charge in [-0.05, 0) is 18.9 Å². The van der Waals surface area contributed by atoms with Crippen LogP contribution in [0, 0.1) is 18.3 Å². The third-order valence-electron chi connectivity index (χ3n) is 4.21. The molecule has 0 unspecified atom stereocenters. The van der Waals surface area contributed by atoms with Crippen molar-refractivity contribution >= 4 is 5.91 Å². The second-order valence-electron chi connectivity index (χ2n) is 6.21. The molecule has 0 aliphatic carbocycles. The average Bonchev–Trinajstić information content (AvgIpc) is 2.64. The maximum Gasteiger partial charge on any atom is 0.263 e. The van der Waals surface area contributed by atoms with Gasteiger partial charge in [0.2, 0.25) is 0 Å². The van der Waals surface area contributed by atoms with E-state index >= 15 is 0 Å². The molecule has 0 bridgehead atoms. The van der Waals surface area contributed by atoms with Crippen molar-refractivity contribution in [3.05, 3.63) is 47.2 Å². The predicted octanol–water partition coefficient (Wildman–Crippen LogP) is 0.556. The summed E-state index contributed by atoms with van der Waals surface area (Å²) >= 11 is 0. The van der Waals surface area contributed by atoms with Crippen molar-refractivity contribution in [2.45, 2.75) is 13.3 Å². The van der Waals surface area contributed by atoms with Crippen LogP contribution in [0.2, 0.25) is 0 Å². The first-order valence-corrected chi connectivity index (χ1v) is 8.79. The molecule has 134 valence electrons. The zero-order valence-electron chi connectivity index (χ0n) is 14.8. The summed E-state index contributed by atoms with van der Waals surface area (Å²) in [6.07, 6.45) is 2.36. The van der Waals surface area contributed by atoms with E-state index < -0.39 is 0 Å². The van der Waals surface area contributed by atoms with Gasteiger partial charge in [0.1, 0.15) is 11.6 Å². The molecule has 1 amide bonds. The zero-order valence-corrected chi connectivity index (χ0v) is 14.8. The van der Waals surface area contributed by atoms with E-state index in [0.717, 1.165) is 39.1 Å². The molecule has 3 N–H and O–H groups in total. The smallest absolute Gasteiger partial charge is 0.263 e. The van der Waals surface area contributed by atoms with Gasteiger partial charge in [-0.2, -0.15) is 5.26 Å². The molecule has 0 radical (unpaired) electrons. The Bertz CT molecular complexity index is 612. The fourth-order valence-electron chi connectivity index (χ4n) is 2.65. The number of nitriles is 1. The topological polar surface area (TPSA) is 80.2 Å². The summed E-state index contributed by atoms with van der Waals surface area (Å²) in [5, 5.41) is 18.3. The Morgan fingerprint density at radius 3 is 2.68 bits per heavy atom. The summed E-state index contributed by atoms with van der Waals surface area (Å²) in [5.41, 5.74) is 2.58. The highest BCUT2D eigenvalue weighted by molar-refractivity contribution is 5.97. The van der Waals surface area contributed by atoms with Gasteiger partial charge in [-0.3, -0.25) is 9.69 Å². The first-order chi connectivity index (χ1) is 12.2. The van der Waals surface area contributed by atoms with Crippen LogP contribution in [0.5, 0.6) is 0 Å². The number of rotatable bonds is 8. The molecule has 1 heterocycles. The van der Waals surface area contributed by atoms with Crippen molar-refractivity contribution in [2.75, 3.05) is 45.8 Å². The number of benzene rings is 1. The Labute approximate surface area is 149 Å². The molecule has 1 saturated heterocycles. The van der Waals surface area contributed by atoms with Crippen molar-refractivity contribution in [1.82, 2.24) is 20.9 Å². The molecule has 1 aliphatic rings. The van der Waals surface area contributed by atoms with Gasteiger partial charge < -0.3 is 16.0 Å². The number of nitrogens with zero attached hydrogens (tertiary/aromatic N) is 2. The minimum absolute atomic E-state index is 0.115. The van der Waals surface area contributed by atoms with Crippen molar-refractivity contribution in [3.63, 3.8) is 0 Å².